The van der Waals surface area contributed by atoms with E-state index in [1.807, 2.05) is 0 Å². The van der Waals surface area contributed by atoms with Crippen LogP contribution in [0.4, 0.5) is 11.4 Å². The molecule has 1 aliphatic carbocycles. The van der Waals surface area contributed by atoms with Crippen molar-refractivity contribution in [3.8, 4) is 0 Å². The van der Waals surface area contributed by atoms with Gasteiger partial charge in [0.15, 0.2) is 0 Å². The number of nitrogens with two attached hydrogens (primary N) is 1. The molecule has 1 aliphatic rings. The second-order valence-electron chi connectivity index (χ2n) is 5.50. The number of carboxylic acid groups (broad SMARTS) is 1. The minimum atomic E-state index is -1.01. The Balaban J connectivity index is 2.15. The molecule has 1 fully saturated rings. The van der Waals surface area contributed by atoms with Crippen LogP contribution in [-0.2, 0) is 0 Å². The maximum atomic E-state index is 11.3. The summed E-state index contributed by atoms with van der Waals surface area (Å²) in [5.74, 6) is -0.210. The maximum absolute atomic E-state index is 11.3. The Hall–Kier alpha value is -1.42. The lowest BCUT2D eigenvalue weighted by Crippen LogP contribution is -2.27. The van der Waals surface area contributed by atoms with E-state index >= 15 is 0 Å². The SMILES string of the molecule is CCC1CCC(Nc2c(Cl)cc(N)cc2C(=O)O)CC1. The lowest BCUT2D eigenvalue weighted by molar-refractivity contribution is 0.0698. The molecule has 4 nitrogen and oxygen atoms in total. The van der Waals surface area contributed by atoms with Crippen molar-refractivity contribution in [2.45, 2.75) is 45.1 Å². The lowest BCUT2D eigenvalue weighted by Gasteiger charge is -2.30. The second-order valence-corrected chi connectivity index (χ2v) is 5.91. The van der Waals surface area contributed by atoms with Crippen LogP contribution in [-0.4, -0.2) is 17.1 Å². The van der Waals surface area contributed by atoms with Gasteiger partial charge in [-0.25, -0.2) is 4.79 Å². The number of aromatic carboxylic acids is 1. The molecule has 5 heteroatoms. The summed E-state index contributed by atoms with van der Waals surface area (Å²) < 4.78 is 0. The number of rotatable bonds is 4. The molecule has 1 aromatic rings. The molecule has 0 saturated heterocycles. The topological polar surface area (TPSA) is 75.3 Å². The molecule has 0 aliphatic heterocycles. The standard InChI is InChI=1S/C15H21ClN2O2/c1-2-9-3-5-11(6-4-9)18-14-12(15(19)20)7-10(17)8-13(14)16/h7-9,11,18H,2-6,17H2,1H3,(H,19,20). The summed E-state index contributed by atoms with van der Waals surface area (Å²) in [6, 6.07) is 3.33. The van der Waals surface area contributed by atoms with Gasteiger partial charge in [0.25, 0.3) is 0 Å². The van der Waals surface area contributed by atoms with E-state index < -0.39 is 5.97 Å². The van der Waals surface area contributed by atoms with Crippen LogP contribution in [0.1, 0.15) is 49.4 Å². The summed E-state index contributed by atoms with van der Waals surface area (Å²) in [6.45, 7) is 2.22. The van der Waals surface area contributed by atoms with Gasteiger partial charge in [0.2, 0.25) is 0 Å². The quantitative estimate of drug-likeness (QED) is 0.734. The van der Waals surface area contributed by atoms with Crippen molar-refractivity contribution in [2.24, 2.45) is 5.92 Å². The highest BCUT2D eigenvalue weighted by molar-refractivity contribution is 6.34. The van der Waals surface area contributed by atoms with Gasteiger partial charge in [-0.05, 0) is 43.7 Å². The summed E-state index contributed by atoms with van der Waals surface area (Å²) in [6.07, 6.45) is 5.69. The zero-order valence-electron chi connectivity index (χ0n) is 11.7. The number of hydrogen-bond acceptors (Lipinski definition) is 3. The predicted molar refractivity (Wildman–Crippen MR) is 82.5 cm³/mol. The minimum absolute atomic E-state index is 0.146. The fourth-order valence-corrected chi connectivity index (χ4v) is 3.14. The fourth-order valence-electron chi connectivity index (χ4n) is 2.86. The number of hydrogen-bond donors (Lipinski definition) is 3. The van der Waals surface area contributed by atoms with Gasteiger partial charge in [-0.3, -0.25) is 0 Å². The van der Waals surface area contributed by atoms with E-state index in [0.717, 1.165) is 18.8 Å². The zero-order chi connectivity index (χ0) is 14.7. The van der Waals surface area contributed by atoms with Crippen molar-refractivity contribution in [3.63, 3.8) is 0 Å². The number of nitrogens with one attached hydrogen (secondary N) is 1. The highest BCUT2D eigenvalue weighted by Crippen LogP contribution is 2.33. The Morgan fingerprint density at radius 1 is 1.40 bits per heavy atom. The number of halogens is 1. The first kappa shape index (κ1) is 15.0. The van der Waals surface area contributed by atoms with Gasteiger partial charge in [0.05, 0.1) is 16.3 Å². The first-order valence-corrected chi connectivity index (χ1v) is 7.48. The van der Waals surface area contributed by atoms with Crippen molar-refractivity contribution in [1.82, 2.24) is 0 Å². The number of benzene rings is 1. The van der Waals surface area contributed by atoms with Crippen LogP contribution >= 0.6 is 11.6 Å². The minimum Gasteiger partial charge on any atom is -0.478 e. The predicted octanol–water partition coefficient (Wildman–Crippen LogP) is 4.00. The van der Waals surface area contributed by atoms with Gasteiger partial charge >= 0.3 is 5.97 Å². The normalized spacial score (nSPS) is 22.5. The van der Waals surface area contributed by atoms with Crippen molar-refractivity contribution >= 4 is 28.9 Å². The molecule has 20 heavy (non-hydrogen) atoms. The smallest absolute Gasteiger partial charge is 0.337 e. The number of anilines is 2. The van der Waals surface area contributed by atoms with Crippen LogP contribution in [0, 0.1) is 5.92 Å². The van der Waals surface area contributed by atoms with Gasteiger partial charge in [-0.2, -0.15) is 0 Å². The molecular weight excluding hydrogens is 276 g/mol. The Labute approximate surface area is 124 Å². The molecule has 4 N–H and O–H groups in total. The molecule has 0 unspecified atom stereocenters. The molecule has 0 atom stereocenters. The van der Waals surface area contributed by atoms with Crippen LogP contribution in [0.5, 0.6) is 0 Å². The Bertz CT molecular complexity index is 497. The van der Waals surface area contributed by atoms with E-state index in [9.17, 15) is 9.90 Å². The molecule has 0 amide bonds. The molecule has 1 aromatic carbocycles. The summed E-state index contributed by atoms with van der Waals surface area (Å²) in [4.78, 5) is 11.3. The van der Waals surface area contributed by atoms with Crippen molar-refractivity contribution < 1.29 is 9.90 Å². The fraction of sp³-hybridized carbons (Fsp3) is 0.533. The van der Waals surface area contributed by atoms with E-state index in [-0.39, 0.29) is 11.6 Å². The number of carboxylic acids is 1. The molecule has 0 radical (unpaired) electrons. The van der Waals surface area contributed by atoms with Crippen molar-refractivity contribution in [1.29, 1.82) is 0 Å². The van der Waals surface area contributed by atoms with Crippen LogP contribution in [0.2, 0.25) is 5.02 Å². The molecule has 1 saturated carbocycles. The molecule has 0 heterocycles. The third-order valence-electron chi connectivity index (χ3n) is 4.12. The Morgan fingerprint density at radius 2 is 2.05 bits per heavy atom. The zero-order valence-corrected chi connectivity index (χ0v) is 12.4. The summed E-state index contributed by atoms with van der Waals surface area (Å²) in [5, 5.41) is 12.9. The average molecular weight is 297 g/mol. The largest absolute Gasteiger partial charge is 0.478 e. The molecule has 2 rings (SSSR count). The summed E-state index contributed by atoms with van der Waals surface area (Å²) in [7, 11) is 0. The van der Waals surface area contributed by atoms with Crippen molar-refractivity contribution in [3.05, 3.63) is 22.7 Å². The third kappa shape index (κ3) is 3.37. The third-order valence-corrected chi connectivity index (χ3v) is 4.41. The van der Waals surface area contributed by atoms with Gasteiger partial charge < -0.3 is 16.2 Å². The van der Waals surface area contributed by atoms with Gasteiger partial charge in [-0.1, -0.05) is 24.9 Å². The van der Waals surface area contributed by atoms with E-state index in [1.165, 1.54) is 25.3 Å². The monoisotopic (exact) mass is 296 g/mol. The molecule has 0 aromatic heterocycles. The molecule has 0 spiro atoms. The summed E-state index contributed by atoms with van der Waals surface area (Å²) >= 11 is 6.15. The maximum Gasteiger partial charge on any atom is 0.337 e. The Morgan fingerprint density at radius 3 is 2.60 bits per heavy atom. The highest BCUT2D eigenvalue weighted by Gasteiger charge is 2.23. The summed E-state index contributed by atoms with van der Waals surface area (Å²) in [5.41, 5.74) is 6.67. The number of nitrogen functional groups attached to an aromatic ring is 1. The van der Waals surface area contributed by atoms with E-state index in [2.05, 4.69) is 12.2 Å². The van der Waals surface area contributed by atoms with Crippen LogP contribution in [0.3, 0.4) is 0 Å². The van der Waals surface area contributed by atoms with Gasteiger partial charge in [-0.15, -0.1) is 0 Å². The average Bonchev–Trinajstić information content (AvgIpc) is 2.42. The molecule has 110 valence electrons. The second kappa shape index (κ2) is 6.35. The van der Waals surface area contributed by atoms with Crippen LogP contribution < -0.4 is 11.1 Å². The number of carbonyl (C=O) groups is 1. The highest BCUT2D eigenvalue weighted by atomic mass is 35.5. The van der Waals surface area contributed by atoms with Gasteiger partial charge in [0.1, 0.15) is 0 Å². The van der Waals surface area contributed by atoms with Crippen LogP contribution in [0.25, 0.3) is 0 Å². The van der Waals surface area contributed by atoms with E-state index in [1.54, 1.807) is 6.07 Å². The lowest BCUT2D eigenvalue weighted by atomic mass is 9.84. The van der Waals surface area contributed by atoms with Gasteiger partial charge in [0, 0.05) is 11.7 Å². The van der Waals surface area contributed by atoms with E-state index in [0.29, 0.717) is 16.4 Å². The molecule has 0 bridgehead atoms. The first-order chi connectivity index (χ1) is 9.51. The van der Waals surface area contributed by atoms with Crippen LogP contribution in [0.15, 0.2) is 12.1 Å². The first-order valence-electron chi connectivity index (χ1n) is 7.10. The Kier molecular flexibility index (Phi) is 4.76. The van der Waals surface area contributed by atoms with E-state index in [4.69, 9.17) is 17.3 Å². The molecular formula is C15H21ClN2O2. The van der Waals surface area contributed by atoms with Crippen molar-refractivity contribution in [2.75, 3.05) is 11.1 Å².